The fourth-order valence-electron chi connectivity index (χ4n) is 1.45. The van der Waals surface area contributed by atoms with E-state index in [9.17, 15) is 0 Å². The molecular weight excluding hydrogens is 174 g/mol. The Labute approximate surface area is 86.1 Å². The summed E-state index contributed by atoms with van der Waals surface area (Å²) in [4.78, 5) is 7.59. The second-order valence-corrected chi connectivity index (χ2v) is 4.61. The summed E-state index contributed by atoms with van der Waals surface area (Å²) in [5.74, 6) is 2.02. The first-order chi connectivity index (χ1) is 6.50. The Kier molecular flexibility index (Phi) is 3.69. The zero-order chi connectivity index (χ0) is 10.7. The first-order valence-corrected chi connectivity index (χ1v) is 5.31. The Bertz CT molecular complexity index is 276. The molecule has 1 atom stereocenters. The van der Waals surface area contributed by atoms with Crippen molar-refractivity contribution in [3.05, 3.63) is 17.7 Å². The van der Waals surface area contributed by atoms with Gasteiger partial charge in [0, 0.05) is 11.9 Å². The number of H-pyrrole nitrogens is 1. The molecule has 0 unspecified atom stereocenters. The van der Waals surface area contributed by atoms with Crippen LogP contribution in [0.5, 0.6) is 0 Å². The molecule has 0 saturated heterocycles. The van der Waals surface area contributed by atoms with Gasteiger partial charge in [0.15, 0.2) is 0 Å². The smallest absolute Gasteiger partial charge is 0.123 e. The first kappa shape index (κ1) is 11.2. The molecule has 3 heteroatoms. The molecule has 0 saturated carbocycles. The molecule has 0 radical (unpaired) electrons. The highest BCUT2D eigenvalue weighted by Gasteiger charge is 2.12. The van der Waals surface area contributed by atoms with Crippen LogP contribution in [-0.2, 0) is 0 Å². The molecule has 14 heavy (non-hydrogen) atoms. The molecule has 80 valence electrons. The molecule has 0 fully saturated rings. The van der Waals surface area contributed by atoms with Crippen molar-refractivity contribution in [2.45, 2.75) is 46.1 Å². The number of nitrogens with zero attached hydrogens (tertiary/aromatic N) is 1. The van der Waals surface area contributed by atoms with E-state index in [2.05, 4.69) is 37.7 Å². The Morgan fingerprint density at radius 1 is 1.36 bits per heavy atom. The standard InChI is InChI=1S/C11H21N3/c1-7(2)5-9(12)11-13-6-10(14-11)8(3)4/h6-9H,5,12H2,1-4H3,(H,13,14)/t9-/m1/s1. The van der Waals surface area contributed by atoms with Crippen molar-refractivity contribution in [2.24, 2.45) is 11.7 Å². The van der Waals surface area contributed by atoms with Crippen molar-refractivity contribution in [3.63, 3.8) is 0 Å². The molecule has 3 nitrogen and oxygen atoms in total. The van der Waals surface area contributed by atoms with E-state index in [1.807, 2.05) is 6.20 Å². The maximum Gasteiger partial charge on any atom is 0.123 e. The summed E-state index contributed by atoms with van der Waals surface area (Å²) in [6, 6.07) is 0.0440. The SMILES string of the molecule is CC(C)C[C@@H](N)c1ncc(C(C)C)[nH]1. The van der Waals surface area contributed by atoms with Crippen LogP contribution >= 0.6 is 0 Å². The van der Waals surface area contributed by atoms with Crippen LogP contribution in [0.4, 0.5) is 0 Å². The number of hydrogen-bond donors (Lipinski definition) is 2. The van der Waals surface area contributed by atoms with Crippen molar-refractivity contribution < 1.29 is 0 Å². The highest BCUT2D eigenvalue weighted by Crippen LogP contribution is 2.18. The lowest BCUT2D eigenvalue weighted by Gasteiger charge is -2.11. The number of nitrogens with two attached hydrogens (primary N) is 1. The topological polar surface area (TPSA) is 54.7 Å². The largest absolute Gasteiger partial charge is 0.344 e. The van der Waals surface area contributed by atoms with E-state index < -0.39 is 0 Å². The van der Waals surface area contributed by atoms with Gasteiger partial charge in [0.2, 0.25) is 0 Å². The number of aromatic amines is 1. The van der Waals surface area contributed by atoms with Gasteiger partial charge in [-0.25, -0.2) is 4.98 Å². The summed E-state index contributed by atoms with van der Waals surface area (Å²) < 4.78 is 0. The van der Waals surface area contributed by atoms with E-state index in [4.69, 9.17) is 5.73 Å². The van der Waals surface area contributed by atoms with Crippen LogP contribution in [0.1, 0.15) is 57.6 Å². The third-order valence-corrected chi connectivity index (χ3v) is 2.31. The molecule has 1 aromatic rings. The summed E-state index contributed by atoms with van der Waals surface area (Å²) in [5.41, 5.74) is 7.18. The van der Waals surface area contributed by atoms with Gasteiger partial charge in [0.25, 0.3) is 0 Å². The molecule has 0 aliphatic rings. The second-order valence-electron chi connectivity index (χ2n) is 4.61. The van der Waals surface area contributed by atoms with E-state index >= 15 is 0 Å². The van der Waals surface area contributed by atoms with E-state index in [1.54, 1.807) is 0 Å². The van der Waals surface area contributed by atoms with Gasteiger partial charge in [-0.1, -0.05) is 27.7 Å². The first-order valence-electron chi connectivity index (χ1n) is 5.31. The third kappa shape index (κ3) is 2.84. The van der Waals surface area contributed by atoms with Crippen molar-refractivity contribution >= 4 is 0 Å². The van der Waals surface area contributed by atoms with Crippen LogP contribution < -0.4 is 5.73 Å². The molecule has 0 amide bonds. The number of aromatic nitrogens is 2. The molecule has 1 heterocycles. The second kappa shape index (κ2) is 4.60. The van der Waals surface area contributed by atoms with Gasteiger partial charge < -0.3 is 10.7 Å². The van der Waals surface area contributed by atoms with E-state index in [0.29, 0.717) is 11.8 Å². The molecule has 1 aromatic heterocycles. The van der Waals surface area contributed by atoms with Crippen LogP contribution in [0, 0.1) is 5.92 Å². The van der Waals surface area contributed by atoms with Gasteiger partial charge in [-0.3, -0.25) is 0 Å². The quantitative estimate of drug-likeness (QED) is 0.775. The average Bonchev–Trinajstić information content (AvgIpc) is 2.50. The summed E-state index contributed by atoms with van der Waals surface area (Å²) in [5, 5.41) is 0. The van der Waals surface area contributed by atoms with Crippen molar-refractivity contribution in [3.8, 4) is 0 Å². The normalized spacial score (nSPS) is 13.9. The van der Waals surface area contributed by atoms with Crippen molar-refractivity contribution in [2.75, 3.05) is 0 Å². The summed E-state index contributed by atoms with van der Waals surface area (Å²) in [6.45, 7) is 8.63. The maximum absolute atomic E-state index is 6.02. The lowest BCUT2D eigenvalue weighted by molar-refractivity contribution is 0.495. The zero-order valence-electron chi connectivity index (χ0n) is 9.54. The van der Waals surface area contributed by atoms with Gasteiger partial charge in [0.1, 0.15) is 5.82 Å². The summed E-state index contributed by atoms with van der Waals surface area (Å²) in [6.07, 6.45) is 2.87. The highest BCUT2D eigenvalue weighted by atomic mass is 15.0. The minimum absolute atomic E-state index is 0.0440. The van der Waals surface area contributed by atoms with Crippen LogP contribution in [0.15, 0.2) is 6.20 Å². The molecular formula is C11H21N3. The number of rotatable bonds is 4. The zero-order valence-corrected chi connectivity index (χ0v) is 9.54. The molecule has 0 aliphatic carbocycles. The Morgan fingerprint density at radius 3 is 2.43 bits per heavy atom. The average molecular weight is 195 g/mol. The van der Waals surface area contributed by atoms with Crippen LogP contribution in [0.25, 0.3) is 0 Å². The number of imidazole rings is 1. The van der Waals surface area contributed by atoms with E-state index in [0.717, 1.165) is 12.2 Å². The maximum atomic E-state index is 6.02. The van der Waals surface area contributed by atoms with Gasteiger partial charge in [0.05, 0.1) is 6.04 Å². The predicted octanol–water partition coefficient (Wildman–Crippen LogP) is 2.58. The fraction of sp³-hybridized carbons (Fsp3) is 0.727. The molecule has 0 spiro atoms. The minimum Gasteiger partial charge on any atom is -0.344 e. The lowest BCUT2D eigenvalue weighted by atomic mass is 10.0. The number of nitrogens with one attached hydrogen (secondary N) is 1. The molecule has 0 aliphatic heterocycles. The minimum atomic E-state index is 0.0440. The molecule has 0 bridgehead atoms. The Hall–Kier alpha value is -0.830. The Morgan fingerprint density at radius 2 is 2.00 bits per heavy atom. The molecule has 0 aromatic carbocycles. The number of hydrogen-bond acceptors (Lipinski definition) is 2. The monoisotopic (exact) mass is 195 g/mol. The van der Waals surface area contributed by atoms with Gasteiger partial charge in [-0.15, -0.1) is 0 Å². The molecule has 3 N–H and O–H groups in total. The summed E-state index contributed by atoms with van der Waals surface area (Å²) >= 11 is 0. The Balaban J connectivity index is 2.66. The van der Waals surface area contributed by atoms with Crippen LogP contribution in [-0.4, -0.2) is 9.97 Å². The summed E-state index contributed by atoms with van der Waals surface area (Å²) in [7, 11) is 0. The highest BCUT2D eigenvalue weighted by molar-refractivity contribution is 5.07. The van der Waals surface area contributed by atoms with Crippen molar-refractivity contribution in [1.82, 2.24) is 9.97 Å². The van der Waals surface area contributed by atoms with E-state index in [-0.39, 0.29) is 6.04 Å². The molecule has 1 rings (SSSR count). The van der Waals surface area contributed by atoms with Crippen LogP contribution in [0.3, 0.4) is 0 Å². The third-order valence-electron chi connectivity index (χ3n) is 2.31. The van der Waals surface area contributed by atoms with E-state index in [1.165, 1.54) is 5.69 Å². The van der Waals surface area contributed by atoms with Crippen molar-refractivity contribution in [1.29, 1.82) is 0 Å². The predicted molar refractivity (Wildman–Crippen MR) is 59.1 cm³/mol. The van der Waals surface area contributed by atoms with Crippen LogP contribution in [0.2, 0.25) is 0 Å². The van der Waals surface area contributed by atoms with Gasteiger partial charge in [-0.2, -0.15) is 0 Å². The van der Waals surface area contributed by atoms with Gasteiger partial charge >= 0.3 is 0 Å². The lowest BCUT2D eigenvalue weighted by Crippen LogP contribution is -2.14. The fourth-order valence-corrected chi connectivity index (χ4v) is 1.45. The van der Waals surface area contributed by atoms with Gasteiger partial charge in [-0.05, 0) is 18.3 Å².